The molecular formula is C24H23BrClN3O3S. The summed E-state index contributed by atoms with van der Waals surface area (Å²) in [5.74, 6) is -0.575. The van der Waals surface area contributed by atoms with Gasteiger partial charge in [0.1, 0.15) is 6.54 Å². The molecule has 0 saturated heterocycles. The number of carbonyl (C=O) groups excluding carboxylic acids is 1. The average molecular weight is 549 g/mol. The van der Waals surface area contributed by atoms with E-state index in [0.717, 1.165) is 19.9 Å². The van der Waals surface area contributed by atoms with Crippen LogP contribution in [0.4, 0.5) is 5.69 Å². The van der Waals surface area contributed by atoms with Gasteiger partial charge in [0.25, 0.3) is 15.9 Å². The van der Waals surface area contributed by atoms with Crippen LogP contribution in [0.2, 0.25) is 5.02 Å². The van der Waals surface area contributed by atoms with E-state index in [1.165, 1.54) is 12.1 Å². The fraction of sp³-hybridized carbons (Fsp3) is 0.167. The summed E-state index contributed by atoms with van der Waals surface area (Å²) in [7, 11) is -4.02. The van der Waals surface area contributed by atoms with Crippen LogP contribution in [0.15, 0.2) is 81.2 Å². The topological polar surface area (TPSA) is 78.8 Å². The van der Waals surface area contributed by atoms with Crippen LogP contribution < -0.4 is 9.73 Å². The van der Waals surface area contributed by atoms with E-state index in [2.05, 4.69) is 26.5 Å². The zero-order valence-corrected chi connectivity index (χ0v) is 21.5. The molecule has 0 aliphatic rings. The monoisotopic (exact) mass is 547 g/mol. The molecule has 0 bridgehead atoms. The van der Waals surface area contributed by atoms with Crippen LogP contribution in [0.1, 0.15) is 23.6 Å². The second-order valence-corrected chi connectivity index (χ2v) is 10.7. The number of anilines is 1. The number of nitrogens with zero attached hydrogens (tertiary/aromatic N) is 2. The van der Waals surface area contributed by atoms with Crippen molar-refractivity contribution in [2.75, 3.05) is 10.8 Å². The summed E-state index contributed by atoms with van der Waals surface area (Å²) >= 11 is 9.47. The molecule has 172 valence electrons. The molecule has 0 saturated carbocycles. The van der Waals surface area contributed by atoms with E-state index in [1.807, 2.05) is 31.2 Å². The molecule has 0 heterocycles. The molecule has 3 aromatic carbocycles. The average Bonchev–Trinajstić information content (AvgIpc) is 2.76. The number of amides is 1. The van der Waals surface area contributed by atoms with Crippen molar-refractivity contribution >= 4 is 54.9 Å². The molecule has 33 heavy (non-hydrogen) atoms. The Balaban J connectivity index is 1.92. The third kappa shape index (κ3) is 6.22. The zero-order valence-electron chi connectivity index (χ0n) is 18.3. The summed E-state index contributed by atoms with van der Waals surface area (Å²) in [6.07, 6.45) is 0. The summed E-state index contributed by atoms with van der Waals surface area (Å²) in [4.78, 5) is 12.9. The van der Waals surface area contributed by atoms with E-state index in [0.29, 0.717) is 22.0 Å². The molecule has 6 nitrogen and oxygen atoms in total. The number of carbonyl (C=O) groups is 1. The highest BCUT2D eigenvalue weighted by molar-refractivity contribution is 9.10. The lowest BCUT2D eigenvalue weighted by Crippen LogP contribution is -2.40. The second kappa shape index (κ2) is 10.5. The largest absolute Gasteiger partial charge is 0.271 e. The Morgan fingerprint density at radius 3 is 2.39 bits per heavy atom. The quantitative estimate of drug-likeness (QED) is 0.315. The first-order valence-electron chi connectivity index (χ1n) is 10.0. The summed E-state index contributed by atoms with van der Waals surface area (Å²) in [6.45, 7) is 4.92. The smallest absolute Gasteiger partial charge is 0.264 e. The van der Waals surface area contributed by atoms with Gasteiger partial charge in [-0.3, -0.25) is 9.10 Å². The minimum absolute atomic E-state index is 0.0871. The molecule has 0 radical (unpaired) electrons. The molecule has 3 aromatic rings. The SMILES string of the molecule is C/C(=N\NC(=O)CN(c1ccc(Cl)cc1C)S(=O)(=O)c1ccc(C)cc1)c1cccc(Br)c1. The lowest BCUT2D eigenvalue weighted by molar-refractivity contribution is -0.119. The predicted octanol–water partition coefficient (Wildman–Crippen LogP) is 5.46. The number of rotatable bonds is 7. The highest BCUT2D eigenvalue weighted by Crippen LogP contribution is 2.29. The van der Waals surface area contributed by atoms with Crippen molar-refractivity contribution in [3.8, 4) is 0 Å². The van der Waals surface area contributed by atoms with Gasteiger partial charge in [0.2, 0.25) is 0 Å². The first-order chi connectivity index (χ1) is 15.6. The first kappa shape index (κ1) is 25.0. The van der Waals surface area contributed by atoms with Gasteiger partial charge in [-0.1, -0.05) is 57.4 Å². The Kier molecular flexibility index (Phi) is 7.94. The molecule has 1 N–H and O–H groups in total. The summed E-state index contributed by atoms with van der Waals surface area (Å²) < 4.78 is 28.9. The number of aryl methyl sites for hydroxylation is 2. The van der Waals surface area contributed by atoms with E-state index >= 15 is 0 Å². The normalized spacial score (nSPS) is 11.8. The molecule has 9 heteroatoms. The van der Waals surface area contributed by atoms with E-state index in [1.54, 1.807) is 44.2 Å². The molecule has 0 unspecified atom stereocenters. The van der Waals surface area contributed by atoms with Gasteiger partial charge in [-0.25, -0.2) is 13.8 Å². The van der Waals surface area contributed by atoms with Crippen LogP contribution in [-0.4, -0.2) is 26.6 Å². The third-order valence-corrected chi connectivity index (χ3v) is 7.42. The van der Waals surface area contributed by atoms with Crippen molar-refractivity contribution in [3.63, 3.8) is 0 Å². The van der Waals surface area contributed by atoms with Crippen LogP contribution in [0.25, 0.3) is 0 Å². The third-order valence-electron chi connectivity index (χ3n) is 4.91. The van der Waals surface area contributed by atoms with Gasteiger partial charge in [-0.05, 0) is 74.4 Å². The van der Waals surface area contributed by atoms with Crippen LogP contribution in [0.5, 0.6) is 0 Å². The van der Waals surface area contributed by atoms with Crippen LogP contribution in [0.3, 0.4) is 0 Å². The van der Waals surface area contributed by atoms with Crippen molar-refractivity contribution in [1.29, 1.82) is 0 Å². The number of nitrogens with one attached hydrogen (secondary N) is 1. The Hall–Kier alpha value is -2.68. The number of benzene rings is 3. The molecular weight excluding hydrogens is 526 g/mol. The lowest BCUT2D eigenvalue weighted by atomic mass is 10.1. The Morgan fingerprint density at radius 1 is 1.06 bits per heavy atom. The fourth-order valence-corrected chi connectivity index (χ4v) is 5.24. The highest BCUT2D eigenvalue weighted by Gasteiger charge is 2.28. The van der Waals surface area contributed by atoms with E-state index in [4.69, 9.17) is 11.6 Å². The van der Waals surface area contributed by atoms with Crippen LogP contribution in [-0.2, 0) is 14.8 Å². The summed E-state index contributed by atoms with van der Waals surface area (Å²) in [5.41, 5.74) is 5.79. The van der Waals surface area contributed by atoms with Gasteiger partial charge < -0.3 is 0 Å². The van der Waals surface area contributed by atoms with E-state index in [-0.39, 0.29) is 4.90 Å². The first-order valence-corrected chi connectivity index (χ1v) is 12.6. The predicted molar refractivity (Wildman–Crippen MR) is 136 cm³/mol. The van der Waals surface area contributed by atoms with Crippen molar-refractivity contribution in [2.24, 2.45) is 5.10 Å². The van der Waals surface area contributed by atoms with Crippen molar-refractivity contribution in [1.82, 2.24) is 5.43 Å². The fourth-order valence-electron chi connectivity index (χ4n) is 3.13. The highest BCUT2D eigenvalue weighted by atomic mass is 79.9. The maximum absolute atomic E-state index is 13.5. The molecule has 3 rings (SSSR count). The maximum Gasteiger partial charge on any atom is 0.264 e. The number of hydrogen-bond acceptors (Lipinski definition) is 4. The van der Waals surface area contributed by atoms with Gasteiger partial charge in [0, 0.05) is 9.50 Å². The van der Waals surface area contributed by atoms with Crippen molar-refractivity contribution < 1.29 is 13.2 Å². The molecule has 0 atom stereocenters. The number of hydrogen-bond donors (Lipinski definition) is 1. The van der Waals surface area contributed by atoms with Crippen LogP contribution >= 0.6 is 27.5 Å². The van der Waals surface area contributed by atoms with Crippen molar-refractivity contribution in [3.05, 3.63) is 92.9 Å². The van der Waals surface area contributed by atoms with E-state index < -0.39 is 22.5 Å². The lowest BCUT2D eigenvalue weighted by Gasteiger charge is -2.25. The van der Waals surface area contributed by atoms with Gasteiger partial charge in [-0.15, -0.1) is 0 Å². The number of hydrazone groups is 1. The Morgan fingerprint density at radius 2 is 1.76 bits per heavy atom. The molecule has 0 spiro atoms. The van der Waals surface area contributed by atoms with Gasteiger partial charge >= 0.3 is 0 Å². The molecule has 0 aliphatic carbocycles. The molecule has 1 amide bonds. The van der Waals surface area contributed by atoms with Crippen molar-refractivity contribution in [2.45, 2.75) is 25.7 Å². The Bertz CT molecular complexity index is 1310. The minimum Gasteiger partial charge on any atom is -0.271 e. The zero-order chi connectivity index (χ0) is 24.2. The maximum atomic E-state index is 13.5. The summed E-state index contributed by atoms with van der Waals surface area (Å²) in [5, 5.41) is 4.61. The van der Waals surface area contributed by atoms with Gasteiger partial charge in [-0.2, -0.15) is 5.10 Å². The molecule has 0 aromatic heterocycles. The molecule has 0 aliphatic heterocycles. The minimum atomic E-state index is -4.02. The van der Waals surface area contributed by atoms with Crippen LogP contribution in [0, 0.1) is 13.8 Å². The number of sulfonamides is 1. The van der Waals surface area contributed by atoms with Gasteiger partial charge in [0.05, 0.1) is 16.3 Å². The van der Waals surface area contributed by atoms with E-state index in [9.17, 15) is 13.2 Å². The molecule has 0 fully saturated rings. The second-order valence-electron chi connectivity index (χ2n) is 7.50. The standard InChI is InChI=1S/C24H23BrClN3O3S/c1-16-7-10-22(11-8-16)33(31,32)29(23-12-9-21(26)13-17(23)2)15-24(30)28-27-18(3)19-5-4-6-20(25)14-19/h4-14H,15H2,1-3H3,(H,28,30)/b27-18+. The van der Waals surface area contributed by atoms with Gasteiger partial charge in [0.15, 0.2) is 0 Å². The Labute approximate surface area is 207 Å². The summed E-state index contributed by atoms with van der Waals surface area (Å²) in [6, 6.07) is 18.8. The number of halogens is 2.